The average Bonchev–Trinajstić information content (AvgIpc) is 2.89. The van der Waals surface area contributed by atoms with Crippen molar-refractivity contribution in [1.29, 1.82) is 0 Å². The van der Waals surface area contributed by atoms with Gasteiger partial charge in [0.05, 0.1) is 17.0 Å². The van der Waals surface area contributed by atoms with Gasteiger partial charge in [0, 0.05) is 0 Å². The molecule has 1 N–H and O–H groups in total. The molecule has 1 aliphatic rings. The topological polar surface area (TPSA) is 81.7 Å². The normalized spacial score (nSPS) is 20.8. The van der Waals surface area contributed by atoms with E-state index in [-0.39, 0.29) is 24.0 Å². The largest absolute Gasteiger partial charge is 0.484 e. The van der Waals surface area contributed by atoms with Crippen molar-refractivity contribution in [2.45, 2.75) is 25.8 Å². The quantitative estimate of drug-likeness (QED) is 0.822. The van der Waals surface area contributed by atoms with Crippen molar-refractivity contribution >= 4 is 15.7 Å². The summed E-state index contributed by atoms with van der Waals surface area (Å²) >= 11 is 0. The highest BCUT2D eigenvalue weighted by molar-refractivity contribution is 7.91. The van der Waals surface area contributed by atoms with Gasteiger partial charge in [-0.05, 0) is 56.7 Å². The zero-order valence-corrected chi connectivity index (χ0v) is 16.2. The van der Waals surface area contributed by atoms with E-state index in [1.807, 2.05) is 31.2 Å². The molecule has 2 aromatic rings. The lowest BCUT2D eigenvalue weighted by atomic mass is 10.0. The first-order chi connectivity index (χ1) is 12.7. The molecule has 0 saturated carbocycles. The van der Waals surface area contributed by atoms with E-state index < -0.39 is 15.4 Å². The van der Waals surface area contributed by atoms with Gasteiger partial charge in [-0.1, -0.05) is 17.7 Å². The first kappa shape index (κ1) is 19.2. The monoisotopic (exact) mass is 389 g/mol. The predicted octanol–water partition coefficient (Wildman–Crippen LogP) is 2.86. The molecule has 0 aromatic heterocycles. The maximum Gasteiger partial charge on any atom is 0.258 e. The van der Waals surface area contributed by atoms with E-state index in [9.17, 15) is 13.2 Å². The van der Waals surface area contributed by atoms with Crippen molar-refractivity contribution in [3.05, 3.63) is 54.1 Å². The van der Waals surface area contributed by atoms with Crippen molar-refractivity contribution < 1.29 is 22.7 Å². The lowest BCUT2D eigenvalue weighted by Gasteiger charge is -2.23. The van der Waals surface area contributed by atoms with E-state index in [1.165, 1.54) is 0 Å². The van der Waals surface area contributed by atoms with Gasteiger partial charge in [-0.15, -0.1) is 0 Å². The van der Waals surface area contributed by atoms with Crippen LogP contribution < -0.4 is 14.8 Å². The van der Waals surface area contributed by atoms with Gasteiger partial charge in [0.1, 0.15) is 17.2 Å². The zero-order chi connectivity index (χ0) is 19.5. The number of aryl methyl sites for hydroxylation is 1. The van der Waals surface area contributed by atoms with Crippen molar-refractivity contribution in [2.24, 2.45) is 0 Å². The van der Waals surface area contributed by atoms with Gasteiger partial charge in [0.15, 0.2) is 16.4 Å². The Balaban J connectivity index is 1.50. The number of benzene rings is 2. The summed E-state index contributed by atoms with van der Waals surface area (Å²) in [7, 11) is -3.07. The Morgan fingerprint density at radius 2 is 1.59 bits per heavy atom. The molecule has 7 heteroatoms. The molecule has 2 aromatic carbocycles. The number of nitrogens with one attached hydrogen (secondary N) is 1. The van der Waals surface area contributed by atoms with Crippen molar-refractivity contribution in [3.63, 3.8) is 0 Å². The molecule has 1 aliphatic heterocycles. The van der Waals surface area contributed by atoms with Crippen LogP contribution in [0.25, 0.3) is 0 Å². The average molecular weight is 389 g/mol. The first-order valence-electron chi connectivity index (χ1n) is 8.72. The van der Waals surface area contributed by atoms with Crippen LogP contribution in [-0.2, 0) is 14.6 Å². The van der Waals surface area contributed by atoms with Crippen molar-refractivity contribution in [2.75, 3.05) is 18.1 Å². The van der Waals surface area contributed by atoms with Gasteiger partial charge in [-0.25, -0.2) is 8.42 Å². The number of sulfone groups is 1. The molecule has 1 amide bonds. The van der Waals surface area contributed by atoms with Gasteiger partial charge in [-0.3, -0.25) is 4.79 Å². The van der Waals surface area contributed by atoms with Crippen LogP contribution in [0.2, 0.25) is 0 Å². The Hall–Kier alpha value is -2.54. The molecule has 1 atom stereocenters. The fourth-order valence-corrected chi connectivity index (χ4v) is 5.07. The molecule has 6 nitrogen and oxygen atoms in total. The van der Waals surface area contributed by atoms with Crippen LogP contribution in [0.15, 0.2) is 48.5 Å². The molecule has 1 fully saturated rings. The van der Waals surface area contributed by atoms with E-state index in [1.54, 1.807) is 31.2 Å². The second kappa shape index (κ2) is 7.60. The van der Waals surface area contributed by atoms with Crippen LogP contribution in [0.5, 0.6) is 17.2 Å². The van der Waals surface area contributed by atoms with Crippen molar-refractivity contribution in [1.82, 2.24) is 5.32 Å². The second-order valence-corrected chi connectivity index (χ2v) is 9.31. The Kier molecular flexibility index (Phi) is 5.41. The van der Waals surface area contributed by atoms with E-state index in [2.05, 4.69) is 5.32 Å². The maximum absolute atomic E-state index is 12.1. The summed E-state index contributed by atoms with van der Waals surface area (Å²) in [6.45, 7) is 3.58. The molecule has 1 unspecified atom stereocenters. The molecule has 3 rings (SSSR count). The van der Waals surface area contributed by atoms with Crippen LogP contribution in [0.4, 0.5) is 0 Å². The number of hydrogen-bond donors (Lipinski definition) is 1. The minimum atomic E-state index is -3.07. The zero-order valence-electron chi connectivity index (χ0n) is 15.4. The summed E-state index contributed by atoms with van der Waals surface area (Å²) in [5.41, 5.74) is 0.443. The summed E-state index contributed by atoms with van der Waals surface area (Å²) in [6.07, 6.45) is 0.423. The number of ether oxygens (including phenoxy) is 2. The second-order valence-electron chi connectivity index (χ2n) is 7.13. The van der Waals surface area contributed by atoms with Gasteiger partial charge >= 0.3 is 0 Å². The Bertz CT molecular complexity index is 906. The lowest BCUT2D eigenvalue weighted by Crippen LogP contribution is -2.48. The Morgan fingerprint density at radius 1 is 1.04 bits per heavy atom. The van der Waals surface area contributed by atoms with Gasteiger partial charge in [0.2, 0.25) is 0 Å². The van der Waals surface area contributed by atoms with Crippen LogP contribution in [0.3, 0.4) is 0 Å². The lowest BCUT2D eigenvalue weighted by molar-refractivity contribution is -0.124. The van der Waals surface area contributed by atoms with Gasteiger partial charge in [0.25, 0.3) is 5.91 Å². The third-order valence-electron chi connectivity index (χ3n) is 4.39. The summed E-state index contributed by atoms with van der Waals surface area (Å²) in [5.74, 6) is 1.68. The molecule has 0 radical (unpaired) electrons. The van der Waals surface area contributed by atoms with E-state index in [0.29, 0.717) is 17.9 Å². The highest BCUT2D eigenvalue weighted by Crippen LogP contribution is 2.25. The summed E-state index contributed by atoms with van der Waals surface area (Å²) < 4.78 is 34.4. The smallest absolute Gasteiger partial charge is 0.258 e. The molecule has 0 bridgehead atoms. The first-order valence-corrected chi connectivity index (χ1v) is 10.5. The minimum Gasteiger partial charge on any atom is -0.484 e. The number of carbonyl (C=O) groups is 1. The summed E-state index contributed by atoms with van der Waals surface area (Å²) in [6, 6.07) is 14.7. The predicted molar refractivity (Wildman–Crippen MR) is 103 cm³/mol. The SMILES string of the molecule is Cc1ccc(Oc2ccc(OCC(=O)NC3(C)CCS(=O)(=O)C3)cc2)cc1. The van der Waals surface area contributed by atoms with Crippen LogP contribution in [-0.4, -0.2) is 38.0 Å². The van der Waals surface area contributed by atoms with Gasteiger partial charge < -0.3 is 14.8 Å². The highest BCUT2D eigenvalue weighted by Gasteiger charge is 2.39. The maximum atomic E-state index is 12.1. The molecule has 27 heavy (non-hydrogen) atoms. The highest BCUT2D eigenvalue weighted by atomic mass is 32.2. The number of amides is 1. The van der Waals surface area contributed by atoms with Crippen LogP contribution in [0, 0.1) is 6.92 Å². The van der Waals surface area contributed by atoms with E-state index in [0.717, 1.165) is 11.3 Å². The number of hydrogen-bond acceptors (Lipinski definition) is 5. The van der Waals surface area contributed by atoms with E-state index in [4.69, 9.17) is 9.47 Å². The molecule has 144 valence electrons. The Morgan fingerprint density at radius 3 is 2.15 bits per heavy atom. The van der Waals surface area contributed by atoms with Crippen molar-refractivity contribution in [3.8, 4) is 17.2 Å². The number of carbonyl (C=O) groups excluding carboxylic acids is 1. The Labute approximate surface area is 159 Å². The van der Waals surface area contributed by atoms with Crippen LogP contribution >= 0.6 is 0 Å². The molecule has 1 saturated heterocycles. The molecule has 1 heterocycles. The molecular weight excluding hydrogens is 366 g/mol. The minimum absolute atomic E-state index is 0.0310. The standard InChI is InChI=1S/C20H23NO5S/c1-15-3-5-17(6-4-15)26-18-9-7-16(8-10-18)25-13-19(22)21-20(2)11-12-27(23,24)14-20/h3-10H,11-14H2,1-2H3,(H,21,22). The number of rotatable bonds is 6. The molecule has 0 aliphatic carbocycles. The summed E-state index contributed by atoms with van der Waals surface area (Å²) in [4.78, 5) is 12.1. The third-order valence-corrected chi connectivity index (χ3v) is 6.30. The fourth-order valence-electron chi connectivity index (χ4n) is 2.98. The van der Waals surface area contributed by atoms with Gasteiger partial charge in [-0.2, -0.15) is 0 Å². The third kappa shape index (κ3) is 5.47. The summed E-state index contributed by atoms with van der Waals surface area (Å²) in [5, 5.41) is 2.76. The fraction of sp³-hybridized carbons (Fsp3) is 0.350. The molecular formula is C20H23NO5S. The molecule has 0 spiro atoms. The van der Waals surface area contributed by atoms with Crippen LogP contribution in [0.1, 0.15) is 18.9 Å². The van der Waals surface area contributed by atoms with E-state index >= 15 is 0 Å².